The Balaban J connectivity index is 3.86. The number of rotatable bonds is 5. The lowest BCUT2D eigenvalue weighted by atomic mass is 10.2. The van der Waals surface area contributed by atoms with Gasteiger partial charge in [-0.3, -0.25) is 4.57 Å². The van der Waals surface area contributed by atoms with Gasteiger partial charge < -0.3 is 14.9 Å². The summed E-state index contributed by atoms with van der Waals surface area (Å²) in [5.74, 6) is 0. The normalized spacial score (nSPS) is 14.9. The second kappa shape index (κ2) is 4.88. The predicted octanol–water partition coefficient (Wildman–Crippen LogP) is 0.715. The first-order chi connectivity index (χ1) is 5.02. The molecule has 3 N–H and O–H groups in total. The Morgan fingerprint density at radius 3 is 2.27 bits per heavy atom. The van der Waals surface area contributed by atoms with Gasteiger partial charge in [-0.05, 0) is 19.3 Å². The van der Waals surface area contributed by atoms with Crippen LogP contribution in [0.15, 0.2) is 0 Å². The summed E-state index contributed by atoms with van der Waals surface area (Å²) >= 11 is 0. The Labute approximate surface area is 66.4 Å². The van der Waals surface area contributed by atoms with Crippen molar-refractivity contribution in [3.63, 3.8) is 0 Å². The van der Waals surface area contributed by atoms with Crippen LogP contribution in [-0.4, -0.2) is 27.2 Å². The molecule has 0 aliphatic carbocycles. The predicted molar refractivity (Wildman–Crippen MR) is 42.4 cm³/mol. The van der Waals surface area contributed by atoms with Gasteiger partial charge in [0, 0.05) is 6.61 Å². The van der Waals surface area contributed by atoms with Gasteiger partial charge >= 0.3 is 7.60 Å². The fourth-order valence-electron chi connectivity index (χ4n) is 0.937. The van der Waals surface area contributed by atoms with Crippen LogP contribution in [-0.2, 0) is 4.57 Å². The maximum atomic E-state index is 10.7. The van der Waals surface area contributed by atoms with Gasteiger partial charge in [-0.1, -0.05) is 6.92 Å². The summed E-state index contributed by atoms with van der Waals surface area (Å²) in [6.07, 6.45) is 1.32. The highest BCUT2D eigenvalue weighted by Crippen LogP contribution is 2.44. The van der Waals surface area contributed by atoms with Gasteiger partial charge in [-0.15, -0.1) is 0 Å². The molecule has 5 heteroatoms. The van der Waals surface area contributed by atoms with Crippen molar-refractivity contribution in [3.05, 3.63) is 0 Å². The van der Waals surface area contributed by atoms with Crippen molar-refractivity contribution in [2.24, 2.45) is 0 Å². The van der Waals surface area contributed by atoms with Crippen LogP contribution in [0.3, 0.4) is 0 Å². The Morgan fingerprint density at radius 2 is 2.00 bits per heavy atom. The van der Waals surface area contributed by atoms with E-state index in [9.17, 15) is 4.57 Å². The molecule has 1 atom stereocenters. The van der Waals surface area contributed by atoms with E-state index in [1.54, 1.807) is 6.92 Å². The molecular weight excluding hydrogens is 167 g/mol. The highest BCUT2D eigenvalue weighted by Gasteiger charge is 2.25. The highest BCUT2D eigenvalue weighted by molar-refractivity contribution is 7.52. The van der Waals surface area contributed by atoms with Crippen molar-refractivity contribution < 1.29 is 19.5 Å². The number of aliphatic hydroxyl groups is 1. The molecule has 0 aliphatic heterocycles. The summed E-state index contributed by atoms with van der Waals surface area (Å²) in [7, 11) is -3.92. The lowest BCUT2D eigenvalue weighted by Gasteiger charge is -2.15. The van der Waals surface area contributed by atoms with Crippen LogP contribution >= 0.6 is 7.60 Å². The molecule has 4 nitrogen and oxygen atoms in total. The van der Waals surface area contributed by atoms with Gasteiger partial charge in [0.25, 0.3) is 0 Å². The largest absolute Gasteiger partial charge is 0.396 e. The molecule has 1 unspecified atom stereocenters. The quantitative estimate of drug-likeness (QED) is 0.547. The number of hydrogen-bond donors (Lipinski definition) is 3. The number of aliphatic hydroxyl groups excluding tert-OH is 1. The molecule has 0 bridgehead atoms. The van der Waals surface area contributed by atoms with E-state index in [-0.39, 0.29) is 6.61 Å². The molecule has 0 aromatic carbocycles. The molecule has 0 amide bonds. The first kappa shape index (κ1) is 11.1. The second-order valence-corrected chi connectivity index (χ2v) is 4.43. The van der Waals surface area contributed by atoms with Crippen LogP contribution in [0.2, 0.25) is 0 Å². The van der Waals surface area contributed by atoms with Crippen LogP contribution in [0.5, 0.6) is 0 Å². The van der Waals surface area contributed by atoms with Crippen LogP contribution in [0.4, 0.5) is 0 Å². The Kier molecular flexibility index (Phi) is 4.93. The van der Waals surface area contributed by atoms with E-state index in [1.165, 1.54) is 0 Å². The minimum absolute atomic E-state index is 0.00347. The number of hydrogen-bond acceptors (Lipinski definition) is 2. The summed E-state index contributed by atoms with van der Waals surface area (Å²) in [5.41, 5.74) is -0.574. The van der Waals surface area contributed by atoms with Crippen molar-refractivity contribution in [1.29, 1.82) is 0 Å². The lowest BCUT2D eigenvalue weighted by molar-refractivity contribution is 0.278. The minimum Gasteiger partial charge on any atom is -0.396 e. The molecule has 0 saturated heterocycles. The van der Waals surface area contributed by atoms with Crippen molar-refractivity contribution in [3.8, 4) is 0 Å². The Bertz CT molecular complexity index is 142. The van der Waals surface area contributed by atoms with E-state index >= 15 is 0 Å². The highest BCUT2D eigenvalue weighted by atomic mass is 31.2. The average molecular weight is 182 g/mol. The molecule has 11 heavy (non-hydrogen) atoms. The first-order valence-electron chi connectivity index (χ1n) is 3.68. The molecule has 0 radical (unpaired) electrons. The molecule has 0 aromatic heterocycles. The van der Waals surface area contributed by atoms with E-state index in [0.29, 0.717) is 19.3 Å². The maximum absolute atomic E-state index is 10.7. The van der Waals surface area contributed by atoms with Gasteiger partial charge in [0.15, 0.2) is 0 Å². The van der Waals surface area contributed by atoms with Gasteiger partial charge in [0.1, 0.15) is 0 Å². The fourth-order valence-corrected chi connectivity index (χ4v) is 1.93. The van der Waals surface area contributed by atoms with Crippen molar-refractivity contribution in [2.45, 2.75) is 31.8 Å². The molecule has 0 rings (SSSR count). The van der Waals surface area contributed by atoms with Crippen molar-refractivity contribution >= 4 is 7.60 Å². The van der Waals surface area contributed by atoms with E-state index in [1.807, 2.05) is 0 Å². The maximum Gasteiger partial charge on any atom is 0.328 e. The molecule has 0 heterocycles. The van der Waals surface area contributed by atoms with Crippen LogP contribution in [0, 0.1) is 0 Å². The molecule has 0 fully saturated rings. The zero-order valence-corrected chi connectivity index (χ0v) is 7.50. The molecular formula is C6H15O4P. The van der Waals surface area contributed by atoms with Gasteiger partial charge in [0.05, 0.1) is 5.66 Å². The zero-order valence-electron chi connectivity index (χ0n) is 6.60. The lowest BCUT2D eigenvalue weighted by Crippen LogP contribution is -2.07. The van der Waals surface area contributed by atoms with Gasteiger partial charge in [-0.2, -0.15) is 0 Å². The third-order valence-corrected chi connectivity index (χ3v) is 3.22. The summed E-state index contributed by atoms with van der Waals surface area (Å²) in [6.45, 7) is 1.73. The Morgan fingerprint density at radius 1 is 1.45 bits per heavy atom. The van der Waals surface area contributed by atoms with Crippen LogP contribution in [0.1, 0.15) is 26.2 Å². The summed E-state index contributed by atoms with van der Waals surface area (Å²) in [4.78, 5) is 17.5. The summed E-state index contributed by atoms with van der Waals surface area (Å²) in [5, 5.41) is 8.42. The van der Waals surface area contributed by atoms with Crippen LogP contribution in [0.25, 0.3) is 0 Å². The van der Waals surface area contributed by atoms with Crippen LogP contribution < -0.4 is 0 Å². The fraction of sp³-hybridized carbons (Fsp3) is 1.00. The Hall–Kier alpha value is 0.110. The molecule has 68 valence electrons. The molecule has 0 aliphatic rings. The topological polar surface area (TPSA) is 77.8 Å². The van der Waals surface area contributed by atoms with E-state index < -0.39 is 13.3 Å². The molecule has 0 saturated carbocycles. The van der Waals surface area contributed by atoms with Gasteiger partial charge in [-0.25, -0.2) is 0 Å². The van der Waals surface area contributed by atoms with Crippen molar-refractivity contribution in [1.82, 2.24) is 0 Å². The molecule has 0 aromatic rings. The smallest absolute Gasteiger partial charge is 0.328 e. The third kappa shape index (κ3) is 4.53. The van der Waals surface area contributed by atoms with E-state index in [4.69, 9.17) is 14.9 Å². The standard InChI is InChI=1S/C6H15O4P/c1-2-6(4-3-5-7)11(8,9)10/h6-7H,2-5H2,1H3,(H2,8,9,10). The van der Waals surface area contributed by atoms with Crippen molar-refractivity contribution in [2.75, 3.05) is 6.61 Å². The molecule has 0 spiro atoms. The SMILES string of the molecule is CCC(CCCO)P(=O)(O)O. The first-order valence-corrected chi connectivity index (χ1v) is 5.36. The van der Waals surface area contributed by atoms with Gasteiger partial charge in [0.2, 0.25) is 0 Å². The third-order valence-electron chi connectivity index (χ3n) is 1.64. The zero-order chi connectivity index (χ0) is 8.91. The van der Waals surface area contributed by atoms with E-state index in [2.05, 4.69) is 0 Å². The average Bonchev–Trinajstić information content (AvgIpc) is 1.87. The van der Waals surface area contributed by atoms with E-state index in [0.717, 1.165) is 0 Å². The monoisotopic (exact) mass is 182 g/mol. The second-order valence-electron chi connectivity index (χ2n) is 2.52. The summed E-state index contributed by atoms with van der Waals surface area (Å²) in [6, 6.07) is 0. The summed E-state index contributed by atoms with van der Waals surface area (Å²) < 4.78 is 10.7. The minimum atomic E-state index is -3.92.